The van der Waals surface area contributed by atoms with Gasteiger partial charge in [0.05, 0.1) is 0 Å². The number of nitrogens with zero attached hydrogens (tertiary/aromatic N) is 2. The molecule has 0 radical (unpaired) electrons. The molecule has 4 nitrogen and oxygen atoms in total. The molecular formula is C21H27N3O. The summed E-state index contributed by atoms with van der Waals surface area (Å²) in [5.41, 5.74) is 8.56. The summed E-state index contributed by atoms with van der Waals surface area (Å²) >= 11 is 0. The first-order valence-corrected chi connectivity index (χ1v) is 9.00. The Balaban J connectivity index is 1.53. The van der Waals surface area contributed by atoms with Crippen molar-refractivity contribution in [3.8, 4) is 0 Å². The Morgan fingerprint density at radius 1 is 1.08 bits per heavy atom. The number of carbonyl (C=O) groups is 1. The summed E-state index contributed by atoms with van der Waals surface area (Å²) in [6, 6.07) is 20.3. The lowest BCUT2D eigenvalue weighted by Crippen LogP contribution is -2.53. The largest absolute Gasteiger partial charge is 0.337 e. The summed E-state index contributed by atoms with van der Waals surface area (Å²) in [6.45, 7) is 5.65. The van der Waals surface area contributed by atoms with Crippen LogP contribution >= 0.6 is 0 Å². The molecule has 0 bridgehead atoms. The molecule has 0 aliphatic carbocycles. The average Bonchev–Trinajstić information content (AvgIpc) is 2.63. The van der Waals surface area contributed by atoms with Crippen LogP contribution in [-0.2, 0) is 11.3 Å². The van der Waals surface area contributed by atoms with Gasteiger partial charge in [-0.05, 0) is 18.1 Å². The fraction of sp³-hybridized carbons (Fsp3) is 0.381. The van der Waals surface area contributed by atoms with E-state index >= 15 is 0 Å². The van der Waals surface area contributed by atoms with Crippen molar-refractivity contribution in [1.82, 2.24) is 9.80 Å². The second-order valence-corrected chi connectivity index (χ2v) is 6.88. The van der Waals surface area contributed by atoms with Crippen molar-refractivity contribution in [1.29, 1.82) is 0 Å². The Morgan fingerprint density at radius 3 is 2.36 bits per heavy atom. The SMILES string of the molecule is CC1CN(Cc2ccccc2)CCN1C(=O)CC(N)c1ccccc1. The van der Waals surface area contributed by atoms with Crippen LogP contribution in [0.2, 0.25) is 0 Å². The van der Waals surface area contributed by atoms with Gasteiger partial charge in [0.15, 0.2) is 0 Å². The van der Waals surface area contributed by atoms with E-state index in [0.29, 0.717) is 6.42 Å². The number of amides is 1. The Hall–Kier alpha value is -2.17. The highest BCUT2D eigenvalue weighted by molar-refractivity contribution is 5.77. The molecule has 2 N–H and O–H groups in total. The molecule has 1 saturated heterocycles. The summed E-state index contributed by atoms with van der Waals surface area (Å²) in [6.07, 6.45) is 0.368. The highest BCUT2D eigenvalue weighted by Crippen LogP contribution is 2.18. The summed E-state index contributed by atoms with van der Waals surface area (Å²) < 4.78 is 0. The van der Waals surface area contributed by atoms with Gasteiger partial charge in [0.25, 0.3) is 0 Å². The lowest BCUT2D eigenvalue weighted by atomic mass is 10.0. The van der Waals surface area contributed by atoms with Crippen molar-refractivity contribution in [2.75, 3.05) is 19.6 Å². The molecule has 2 atom stereocenters. The normalized spacial score (nSPS) is 19.6. The van der Waals surface area contributed by atoms with Crippen LogP contribution in [0.3, 0.4) is 0 Å². The molecule has 1 aliphatic rings. The standard InChI is InChI=1S/C21H27N3O/c1-17-15-23(16-18-8-4-2-5-9-18)12-13-24(17)21(25)14-20(22)19-10-6-3-7-11-19/h2-11,17,20H,12-16,22H2,1H3. The molecule has 3 rings (SSSR count). The first-order valence-electron chi connectivity index (χ1n) is 9.00. The third kappa shape index (κ3) is 4.68. The van der Waals surface area contributed by atoms with Crippen molar-refractivity contribution in [3.05, 3.63) is 71.8 Å². The molecule has 2 unspecified atom stereocenters. The van der Waals surface area contributed by atoms with Crippen molar-refractivity contribution in [2.24, 2.45) is 5.73 Å². The third-order valence-corrected chi connectivity index (χ3v) is 4.90. The van der Waals surface area contributed by atoms with Gasteiger partial charge in [-0.15, -0.1) is 0 Å². The Morgan fingerprint density at radius 2 is 1.72 bits per heavy atom. The molecule has 25 heavy (non-hydrogen) atoms. The first kappa shape index (κ1) is 17.6. The summed E-state index contributed by atoms with van der Waals surface area (Å²) in [7, 11) is 0. The van der Waals surface area contributed by atoms with Gasteiger partial charge in [-0.2, -0.15) is 0 Å². The number of hydrogen-bond acceptors (Lipinski definition) is 3. The Labute approximate surface area is 150 Å². The molecular weight excluding hydrogens is 310 g/mol. The third-order valence-electron chi connectivity index (χ3n) is 4.90. The fourth-order valence-electron chi connectivity index (χ4n) is 3.51. The van der Waals surface area contributed by atoms with Gasteiger partial charge in [0.1, 0.15) is 0 Å². The molecule has 132 valence electrons. The van der Waals surface area contributed by atoms with Gasteiger partial charge in [-0.25, -0.2) is 0 Å². The van der Waals surface area contributed by atoms with E-state index in [9.17, 15) is 4.79 Å². The van der Waals surface area contributed by atoms with Crippen LogP contribution in [0.15, 0.2) is 60.7 Å². The van der Waals surface area contributed by atoms with Gasteiger partial charge < -0.3 is 10.6 Å². The molecule has 1 heterocycles. The number of carbonyl (C=O) groups excluding carboxylic acids is 1. The highest BCUT2D eigenvalue weighted by Gasteiger charge is 2.28. The minimum atomic E-state index is -0.233. The van der Waals surface area contributed by atoms with Crippen LogP contribution in [0.1, 0.15) is 30.5 Å². The zero-order chi connectivity index (χ0) is 17.6. The summed E-state index contributed by atoms with van der Waals surface area (Å²) in [5, 5.41) is 0. The molecule has 4 heteroatoms. The van der Waals surface area contributed by atoms with E-state index in [-0.39, 0.29) is 18.0 Å². The maximum atomic E-state index is 12.7. The van der Waals surface area contributed by atoms with E-state index in [0.717, 1.165) is 31.7 Å². The second-order valence-electron chi connectivity index (χ2n) is 6.88. The van der Waals surface area contributed by atoms with Crippen molar-refractivity contribution in [2.45, 2.75) is 32.0 Å². The topological polar surface area (TPSA) is 49.6 Å². The van der Waals surface area contributed by atoms with Gasteiger partial charge in [0.2, 0.25) is 5.91 Å². The van der Waals surface area contributed by atoms with Crippen LogP contribution in [0, 0.1) is 0 Å². The first-order chi connectivity index (χ1) is 12.1. The predicted molar refractivity (Wildman–Crippen MR) is 101 cm³/mol. The zero-order valence-corrected chi connectivity index (χ0v) is 14.8. The lowest BCUT2D eigenvalue weighted by Gasteiger charge is -2.40. The molecule has 1 amide bonds. The molecule has 1 fully saturated rings. The second kappa shape index (κ2) is 8.28. The van der Waals surface area contributed by atoms with Crippen LogP contribution in [-0.4, -0.2) is 41.4 Å². The molecule has 0 saturated carbocycles. The van der Waals surface area contributed by atoms with Crippen molar-refractivity contribution < 1.29 is 4.79 Å². The zero-order valence-electron chi connectivity index (χ0n) is 14.8. The Kier molecular flexibility index (Phi) is 5.84. The van der Waals surface area contributed by atoms with Gasteiger partial charge >= 0.3 is 0 Å². The quantitative estimate of drug-likeness (QED) is 0.913. The predicted octanol–water partition coefficient (Wildman–Crippen LogP) is 2.81. The fourth-order valence-corrected chi connectivity index (χ4v) is 3.51. The maximum absolute atomic E-state index is 12.7. The average molecular weight is 337 g/mol. The molecule has 1 aliphatic heterocycles. The number of rotatable bonds is 5. The van der Waals surface area contributed by atoms with Crippen LogP contribution in [0.25, 0.3) is 0 Å². The number of benzene rings is 2. The van der Waals surface area contributed by atoms with E-state index in [1.807, 2.05) is 41.3 Å². The van der Waals surface area contributed by atoms with Crippen LogP contribution in [0.4, 0.5) is 0 Å². The van der Waals surface area contributed by atoms with Crippen LogP contribution in [0.5, 0.6) is 0 Å². The van der Waals surface area contributed by atoms with E-state index < -0.39 is 0 Å². The number of piperazine rings is 1. The van der Waals surface area contributed by atoms with Crippen molar-refractivity contribution in [3.63, 3.8) is 0 Å². The van der Waals surface area contributed by atoms with Gasteiger partial charge in [0, 0.05) is 44.7 Å². The molecule has 0 spiro atoms. The van der Waals surface area contributed by atoms with E-state index in [1.165, 1.54) is 5.56 Å². The van der Waals surface area contributed by atoms with E-state index in [1.54, 1.807) is 0 Å². The Bertz CT molecular complexity index is 674. The molecule has 0 aromatic heterocycles. The molecule has 2 aromatic rings. The van der Waals surface area contributed by atoms with Crippen LogP contribution < -0.4 is 5.73 Å². The minimum absolute atomic E-state index is 0.156. The monoisotopic (exact) mass is 337 g/mol. The van der Waals surface area contributed by atoms with E-state index in [4.69, 9.17) is 5.73 Å². The molecule has 2 aromatic carbocycles. The summed E-state index contributed by atoms with van der Waals surface area (Å²) in [4.78, 5) is 17.1. The van der Waals surface area contributed by atoms with Crippen molar-refractivity contribution >= 4 is 5.91 Å². The number of nitrogens with two attached hydrogens (primary N) is 1. The lowest BCUT2D eigenvalue weighted by molar-refractivity contribution is -0.136. The van der Waals surface area contributed by atoms with E-state index in [2.05, 4.69) is 36.1 Å². The number of hydrogen-bond donors (Lipinski definition) is 1. The van der Waals surface area contributed by atoms with Gasteiger partial charge in [-0.1, -0.05) is 60.7 Å². The highest BCUT2D eigenvalue weighted by atomic mass is 16.2. The maximum Gasteiger partial charge on any atom is 0.224 e. The van der Waals surface area contributed by atoms with Gasteiger partial charge in [-0.3, -0.25) is 9.69 Å². The summed E-state index contributed by atoms with van der Waals surface area (Å²) in [5.74, 6) is 0.156. The smallest absolute Gasteiger partial charge is 0.224 e. The minimum Gasteiger partial charge on any atom is -0.337 e.